The Hall–Kier alpha value is -0.0800. The van der Waals surface area contributed by atoms with Crippen LogP contribution in [-0.4, -0.2) is 38.1 Å². The molecular weight excluding hydrogens is 160 g/mol. The number of piperidine rings is 1. The molecule has 1 rings (SSSR count). The van der Waals surface area contributed by atoms with E-state index in [0.29, 0.717) is 0 Å². The van der Waals surface area contributed by atoms with Crippen molar-refractivity contribution in [2.45, 2.75) is 32.7 Å². The minimum atomic E-state index is 0.788. The summed E-state index contributed by atoms with van der Waals surface area (Å²) < 4.78 is 0. The van der Waals surface area contributed by atoms with Crippen molar-refractivity contribution in [3.05, 3.63) is 0 Å². The average molecular weight is 184 g/mol. The smallest absolute Gasteiger partial charge is 0.0170 e. The predicted octanol–water partition coefficient (Wildman–Crippen LogP) is 1.57. The molecule has 1 heterocycles. The lowest BCUT2D eigenvalue weighted by Gasteiger charge is -2.42. The Morgan fingerprint density at radius 2 is 1.54 bits per heavy atom. The molecule has 0 radical (unpaired) electrons. The Morgan fingerprint density at radius 3 is 1.85 bits per heavy atom. The van der Waals surface area contributed by atoms with Gasteiger partial charge in [0.25, 0.3) is 0 Å². The van der Waals surface area contributed by atoms with E-state index < -0.39 is 0 Å². The third kappa shape index (κ3) is 2.44. The molecule has 0 amide bonds. The topological polar surface area (TPSA) is 15.3 Å². The largest absolute Gasteiger partial charge is 0.316 e. The molecule has 0 saturated carbocycles. The van der Waals surface area contributed by atoms with Crippen molar-refractivity contribution in [1.29, 1.82) is 0 Å². The SMILES string of the molecule is CCC1CNCC(CC)C1N(C)C. The molecule has 2 atom stereocenters. The van der Waals surface area contributed by atoms with Gasteiger partial charge in [-0.3, -0.25) is 0 Å². The van der Waals surface area contributed by atoms with Crippen LogP contribution in [0.5, 0.6) is 0 Å². The van der Waals surface area contributed by atoms with Crippen LogP contribution in [0, 0.1) is 11.8 Å². The molecular formula is C11H24N2. The normalized spacial score (nSPS) is 35.3. The highest BCUT2D eigenvalue weighted by molar-refractivity contribution is 4.88. The van der Waals surface area contributed by atoms with Gasteiger partial charge in [-0.15, -0.1) is 0 Å². The molecule has 1 aliphatic rings. The highest BCUT2D eigenvalue weighted by Gasteiger charge is 2.32. The van der Waals surface area contributed by atoms with Crippen molar-refractivity contribution >= 4 is 0 Å². The lowest BCUT2D eigenvalue weighted by Crippen LogP contribution is -2.52. The van der Waals surface area contributed by atoms with E-state index in [2.05, 4.69) is 38.2 Å². The van der Waals surface area contributed by atoms with Crippen molar-refractivity contribution in [3.8, 4) is 0 Å². The molecule has 1 N–H and O–H groups in total. The van der Waals surface area contributed by atoms with E-state index in [1.807, 2.05) is 0 Å². The molecule has 1 aliphatic heterocycles. The molecule has 0 aromatic carbocycles. The van der Waals surface area contributed by atoms with E-state index in [0.717, 1.165) is 17.9 Å². The quantitative estimate of drug-likeness (QED) is 0.716. The van der Waals surface area contributed by atoms with E-state index in [1.165, 1.54) is 25.9 Å². The maximum atomic E-state index is 3.54. The standard InChI is InChI=1S/C11H24N2/c1-5-9-7-12-8-10(6-2)11(9)13(3)4/h9-12H,5-8H2,1-4H3. The minimum Gasteiger partial charge on any atom is -0.316 e. The Balaban J connectivity index is 2.64. The van der Waals surface area contributed by atoms with Crippen molar-refractivity contribution in [3.63, 3.8) is 0 Å². The maximum absolute atomic E-state index is 3.54. The van der Waals surface area contributed by atoms with Gasteiger partial charge in [0, 0.05) is 6.04 Å². The van der Waals surface area contributed by atoms with Crippen LogP contribution in [0.25, 0.3) is 0 Å². The summed E-state index contributed by atoms with van der Waals surface area (Å²) in [6, 6.07) is 0.788. The minimum absolute atomic E-state index is 0.788. The molecule has 13 heavy (non-hydrogen) atoms. The summed E-state index contributed by atoms with van der Waals surface area (Å²) in [6.07, 6.45) is 2.60. The molecule has 0 spiro atoms. The van der Waals surface area contributed by atoms with Crippen molar-refractivity contribution < 1.29 is 0 Å². The van der Waals surface area contributed by atoms with Gasteiger partial charge >= 0.3 is 0 Å². The van der Waals surface area contributed by atoms with Crippen LogP contribution in [0.3, 0.4) is 0 Å². The highest BCUT2D eigenvalue weighted by Crippen LogP contribution is 2.25. The highest BCUT2D eigenvalue weighted by atomic mass is 15.1. The lowest BCUT2D eigenvalue weighted by molar-refractivity contribution is 0.101. The fraction of sp³-hybridized carbons (Fsp3) is 1.00. The Labute approximate surface area is 82.7 Å². The molecule has 0 bridgehead atoms. The molecule has 1 saturated heterocycles. The van der Waals surface area contributed by atoms with Crippen LogP contribution in [0.1, 0.15) is 26.7 Å². The molecule has 2 nitrogen and oxygen atoms in total. The summed E-state index contributed by atoms with van der Waals surface area (Å²) in [4.78, 5) is 2.42. The van der Waals surface area contributed by atoms with Crippen molar-refractivity contribution in [2.75, 3.05) is 27.2 Å². The van der Waals surface area contributed by atoms with Gasteiger partial charge < -0.3 is 10.2 Å². The van der Waals surface area contributed by atoms with Gasteiger partial charge in [0.1, 0.15) is 0 Å². The Bertz CT molecular complexity index is 133. The average Bonchev–Trinajstić information content (AvgIpc) is 2.16. The number of hydrogen-bond donors (Lipinski definition) is 1. The summed E-state index contributed by atoms with van der Waals surface area (Å²) >= 11 is 0. The van der Waals surface area contributed by atoms with Gasteiger partial charge in [-0.05, 0) is 39.0 Å². The monoisotopic (exact) mass is 184 g/mol. The van der Waals surface area contributed by atoms with E-state index in [-0.39, 0.29) is 0 Å². The van der Waals surface area contributed by atoms with Crippen LogP contribution >= 0.6 is 0 Å². The lowest BCUT2D eigenvalue weighted by atomic mass is 9.81. The van der Waals surface area contributed by atoms with Gasteiger partial charge in [-0.25, -0.2) is 0 Å². The summed E-state index contributed by atoms with van der Waals surface area (Å²) in [7, 11) is 4.45. The summed E-state index contributed by atoms with van der Waals surface area (Å²) in [5, 5.41) is 3.54. The second-order valence-electron chi connectivity index (χ2n) is 4.45. The molecule has 0 aliphatic carbocycles. The summed E-state index contributed by atoms with van der Waals surface area (Å²) in [6.45, 7) is 7.02. The van der Waals surface area contributed by atoms with E-state index in [4.69, 9.17) is 0 Å². The van der Waals surface area contributed by atoms with Gasteiger partial charge in [-0.2, -0.15) is 0 Å². The maximum Gasteiger partial charge on any atom is 0.0170 e. The number of rotatable bonds is 3. The first-order valence-electron chi connectivity index (χ1n) is 5.57. The third-order valence-corrected chi connectivity index (χ3v) is 3.42. The summed E-state index contributed by atoms with van der Waals surface area (Å²) in [5.41, 5.74) is 0. The van der Waals surface area contributed by atoms with Crippen molar-refractivity contribution in [2.24, 2.45) is 11.8 Å². The van der Waals surface area contributed by atoms with Crippen molar-refractivity contribution in [1.82, 2.24) is 10.2 Å². The first-order valence-corrected chi connectivity index (χ1v) is 5.57. The van der Waals surface area contributed by atoms with Crippen LogP contribution in [0.4, 0.5) is 0 Å². The zero-order valence-corrected chi connectivity index (χ0v) is 9.51. The van der Waals surface area contributed by atoms with Crippen LogP contribution in [0.15, 0.2) is 0 Å². The Kier molecular flexibility index (Phi) is 4.20. The number of nitrogens with zero attached hydrogens (tertiary/aromatic N) is 1. The Morgan fingerprint density at radius 1 is 1.08 bits per heavy atom. The second-order valence-corrected chi connectivity index (χ2v) is 4.45. The molecule has 0 aromatic heterocycles. The zero-order valence-electron chi connectivity index (χ0n) is 9.51. The second kappa shape index (κ2) is 4.97. The van der Waals surface area contributed by atoms with Crippen LogP contribution < -0.4 is 5.32 Å². The first kappa shape index (κ1) is 11.0. The van der Waals surface area contributed by atoms with Crippen LogP contribution in [-0.2, 0) is 0 Å². The molecule has 0 aromatic rings. The zero-order chi connectivity index (χ0) is 9.84. The van der Waals surface area contributed by atoms with Crippen LogP contribution in [0.2, 0.25) is 0 Å². The molecule has 2 unspecified atom stereocenters. The molecule has 78 valence electrons. The fourth-order valence-corrected chi connectivity index (χ4v) is 2.70. The van der Waals surface area contributed by atoms with Gasteiger partial charge in [0.2, 0.25) is 0 Å². The van der Waals surface area contributed by atoms with E-state index >= 15 is 0 Å². The first-order chi connectivity index (χ1) is 6.20. The number of hydrogen-bond acceptors (Lipinski definition) is 2. The predicted molar refractivity (Wildman–Crippen MR) is 57.9 cm³/mol. The fourth-order valence-electron chi connectivity index (χ4n) is 2.70. The summed E-state index contributed by atoms with van der Waals surface area (Å²) in [5.74, 6) is 1.68. The van der Waals surface area contributed by atoms with E-state index in [9.17, 15) is 0 Å². The van der Waals surface area contributed by atoms with E-state index in [1.54, 1.807) is 0 Å². The number of nitrogens with one attached hydrogen (secondary N) is 1. The van der Waals surface area contributed by atoms with Gasteiger partial charge in [0.05, 0.1) is 0 Å². The molecule has 1 fully saturated rings. The van der Waals surface area contributed by atoms with Gasteiger partial charge in [-0.1, -0.05) is 26.7 Å². The molecule has 2 heteroatoms. The van der Waals surface area contributed by atoms with Gasteiger partial charge in [0.15, 0.2) is 0 Å². The third-order valence-electron chi connectivity index (χ3n) is 3.42.